The van der Waals surface area contributed by atoms with E-state index in [2.05, 4.69) is 41.3 Å². The topological polar surface area (TPSA) is 16.4 Å². The molecule has 0 unspecified atom stereocenters. The standard InChI is InChI=1S/C18H17NO/c1-2-6-14(7-3-1)18-13-15-12-16(8-9-17(15)20-18)19-10-4-5-11-19/h1-3,6-9,12-13H,4-5,10-11H2. The Morgan fingerprint density at radius 1 is 0.850 bits per heavy atom. The number of anilines is 1. The van der Waals surface area contributed by atoms with Crippen molar-refractivity contribution in [2.45, 2.75) is 12.8 Å². The second-order valence-electron chi connectivity index (χ2n) is 5.39. The quantitative estimate of drug-likeness (QED) is 0.666. The summed E-state index contributed by atoms with van der Waals surface area (Å²) < 4.78 is 5.95. The monoisotopic (exact) mass is 263 g/mol. The Balaban J connectivity index is 1.76. The maximum absolute atomic E-state index is 5.95. The van der Waals surface area contributed by atoms with E-state index < -0.39 is 0 Å². The highest BCUT2D eigenvalue weighted by atomic mass is 16.3. The van der Waals surface area contributed by atoms with Crippen LogP contribution in [0.1, 0.15) is 12.8 Å². The predicted molar refractivity (Wildman–Crippen MR) is 83.1 cm³/mol. The summed E-state index contributed by atoms with van der Waals surface area (Å²) in [5, 5.41) is 1.19. The van der Waals surface area contributed by atoms with E-state index >= 15 is 0 Å². The Labute approximate surface area is 118 Å². The second-order valence-corrected chi connectivity index (χ2v) is 5.39. The maximum atomic E-state index is 5.95. The molecule has 1 aromatic heterocycles. The van der Waals surface area contributed by atoms with Crippen molar-refractivity contribution in [1.29, 1.82) is 0 Å². The van der Waals surface area contributed by atoms with Gasteiger partial charge in [-0.25, -0.2) is 0 Å². The number of benzene rings is 2. The number of nitrogens with zero attached hydrogens (tertiary/aromatic N) is 1. The third-order valence-corrected chi connectivity index (χ3v) is 4.03. The Morgan fingerprint density at radius 2 is 1.65 bits per heavy atom. The smallest absolute Gasteiger partial charge is 0.135 e. The lowest BCUT2D eigenvalue weighted by molar-refractivity contribution is 0.631. The Bertz CT molecular complexity index is 724. The van der Waals surface area contributed by atoms with Gasteiger partial charge in [0.05, 0.1) is 0 Å². The first-order valence-electron chi connectivity index (χ1n) is 7.24. The molecule has 20 heavy (non-hydrogen) atoms. The van der Waals surface area contributed by atoms with Gasteiger partial charge in [0, 0.05) is 29.7 Å². The van der Waals surface area contributed by atoms with E-state index in [0.717, 1.165) is 16.9 Å². The van der Waals surface area contributed by atoms with Crippen LogP contribution in [0, 0.1) is 0 Å². The van der Waals surface area contributed by atoms with E-state index in [1.807, 2.05) is 18.2 Å². The summed E-state index contributed by atoms with van der Waals surface area (Å²) in [5.41, 5.74) is 3.41. The molecule has 0 saturated carbocycles. The zero-order chi connectivity index (χ0) is 13.4. The molecule has 0 N–H and O–H groups in total. The molecule has 2 aromatic carbocycles. The molecule has 2 heterocycles. The molecule has 4 rings (SSSR count). The lowest BCUT2D eigenvalue weighted by atomic mass is 10.1. The van der Waals surface area contributed by atoms with Crippen LogP contribution in [-0.4, -0.2) is 13.1 Å². The van der Waals surface area contributed by atoms with Crippen molar-refractivity contribution < 1.29 is 4.42 Å². The van der Waals surface area contributed by atoms with Crippen LogP contribution in [-0.2, 0) is 0 Å². The summed E-state index contributed by atoms with van der Waals surface area (Å²) >= 11 is 0. The summed E-state index contributed by atoms with van der Waals surface area (Å²) in [6, 6.07) is 18.9. The average Bonchev–Trinajstić information content (AvgIpc) is 3.16. The van der Waals surface area contributed by atoms with Gasteiger partial charge in [0.25, 0.3) is 0 Å². The Kier molecular flexibility index (Phi) is 2.73. The molecule has 0 aliphatic carbocycles. The van der Waals surface area contributed by atoms with Crippen molar-refractivity contribution in [3.05, 3.63) is 54.6 Å². The molecule has 0 atom stereocenters. The van der Waals surface area contributed by atoms with Crippen molar-refractivity contribution in [3.63, 3.8) is 0 Å². The van der Waals surface area contributed by atoms with Gasteiger partial charge in [-0.1, -0.05) is 30.3 Å². The molecular formula is C18H17NO. The highest BCUT2D eigenvalue weighted by molar-refractivity contribution is 5.86. The molecule has 0 radical (unpaired) electrons. The number of hydrogen-bond donors (Lipinski definition) is 0. The molecule has 1 saturated heterocycles. The van der Waals surface area contributed by atoms with E-state index in [-0.39, 0.29) is 0 Å². The van der Waals surface area contributed by atoms with Crippen molar-refractivity contribution in [3.8, 4) is 11.3 Å². The Morgan fingerprint density at radius 3 is 2.45 bits per heavy atom. The summed E-state index contributed by atoms with van der Waals surface area (Å²) in [5.74, 6) is 0.944. The van der Waals surface area contributed by atoms with Gasteiger partial charge in [-0.3, -0.25) is 0 Å². The number of fused-ring (bicyclic) bond motifs is 1. The predicted octanol–water partition coefficient (Wildman–Crippen LogP) is 4.70. The van der Waals surface area contributed by atoms with E-state index in [1.54, 1.807) is 0 Å². The lowest BCUT2D eigenvalue weighted by Gasteiger charge is -2.17. The first-order valence-corrected chi connectivity index (χ1v) is 7.24. The van der Waals surface area contributed by atoms with Gasteiger partial charge in [0.2, 0.25) is 0 Å². The number of rotatable bonds is 2. The van der Waals surface area contributed by atoms with Gasteiger partial charge in [-0.05, 0) is 37.1 Å². The van der Waals surface area contributed by atoms with Crippen molar-refractivity contribution in [1.82, 2.24) is 0 Å². The molecule has 100 valence electrons. The van der Waals surface area contributed by atoms with E-state index in [4.69, 9.17) is 4.42 Å². The molecule has 0 bridgehead atoms. The van der Waals surface area contributed by atoms with Crippen LogP contribution in [0.15, 0.2) is 59.0 Å². The van der Waals surface area contributed by atoms with E-state index in [1.165, 1.54) is 37.0 Å². The van der Waals surface area contributed by atoms with Crippen molar-refractivity contribution in [2.24, 2.45) is 0 Å². The van der Waals surface area contributed by atoms with Crippen molar-refractivity contribution in [2.75, 3.05) is 18.0 Å². The molecule has 1 aliphatic heterocycles. The molecule has 0 amide bonds. The lowest BCUT2D eigenvalue weighted by Crippen LogP contribution is -2.17. The minimum Gasteiger partial charge on any atom is -0.456 e. The zero-order valence-electron chi connectivity index (χ0n) is 11.4. The third-order valence-electron chi connectivity index (χ3n) is 4.03. The van der Waals surface area contributed by atoms with Gasteiger partial charge in [0.1, 0.15) is 11.3 Å². The summed E-state index contributed by atoms with van der Waals surface area (Å²) in [4.78, 5) is 2.45. The van der Waals surface area contributed by atoms with Gasteiger partial charge in [-0.2, -0.15) is 0 Å². The minimum atomic E-state index is 0.944. The average molecular weight is 263 g/mol. The van der Waals surface area contributed by atoms with Crippen LogP contribution in [0.3, 0.4) is 0 Å². The first-order chi connectivity index (χ1) is 9.90. The van der Waals surface area contributed by atoms with Crippen molar-refractivity contribution >= 4 is 16.7 Å². The molecule has 2 heteroatoms. The molecular weight excluding hydrogens is 246 g/mol. The van der Waals surface area contributed by atoms with Gasteiger partial charge < -0.3 is 9.32 Å². The van der Waals surface area contributed by atoms with Crippen LogP contribution < -0.4 is 4.90 Å². The molecule has 1 aliphatic rings. The minimum absolute atomic E-state index is 0.944. The highest BCUT2D eigenvalue weighted by Gasteiger charge is 2.13. The highest BCUT2D eigenvalue weighted by Crippen LogP contribution is 2.31. The fourth-order valence-corrected chi connectivity index (χ4v) is 2.95. The largest absolute Gasteiger partial charge is 0.456 e. The third kappa shape index (κ3) is 1.97. The van der Waals surface area contributed by atoms with Gasteiger partial charge in [0.15, 0.2) is 0 Å². The summed E-state index contributed by atoms with van der Waals surface area (Å²) in [6.07, 6.45) is 2.61. The summed E-state index contributed by atoms with van der Waals surface area (Å²) in [6.45, 7) is 2.35. The first kappa shape index (κ1) is 11.6. The molecule has 2 nitrogen and oxygen atoms in total. The normalized spacial score (nSPS) is 15.1. The fourth-order valence-electron chi connectivity index (χ4n) is 2.95. The molecule has 1 fully saturated rings. The van der Waals surface area contributed by atoms with Crippen LogP contribution in [0.2, 0.25) is 0 Å². The maximum Gasteiger partial charge on any atom is 0.135 e. The van der Waals surface area contributed by atoms with E-state index in [0.29, 0.717) is 0 Å². The number of hydrogen-bond acceptors (Lipinski definition) is 2. The number of furan rings is 1. The van der Waals surface area contributed by atoms with Crippen LogP contribution in [0.4, 0.5) is 5.69 Å². The van der Waals surface area contributed by atoms with E-state index in [9.17, 15) is 0 Å². The second kappa shape index (κ2) is 4.71. The fraction of sp³-hybridized carbons (Fsp3) is 0.222. The SMILES string of the molecule is c1ccc(-c2cc3cc(N4CCCC4)ccc3o2)cc1. The van der Waals surface area contributed by atoms with Crippen LogP contribution in [0.5, 0.6) is 0 Å². The summed E-state index contributed by atoms with van der Waals surface area (Å²) in [7, 11) is 0. The molecule has 0 spiro atoms. The zero-order valence-corrected chi connectivity index (χ0v) is 11.4. The van der Waals surface area contributed by atoms with Crippen LogP contribution in [0.25, 0.3) is 22.3 Å². The molecule has 3 aromatic rings. The van der Waals surface area contributed by atoms with Gasteiger partial charge >= 0.3 is 0 Å². The van der Waals surface area contributed by atoms with Gasteiger partial charge in [-0.15, -0.1) is 0 Å². The Hall–Kier alpha value is -2.22. The van der Waals surface area contributed by atoms with Crippen LogP contribution >= 0.6 is 0 Å².